The smallest absolute Gasteiger partial charge is 0.475 e. The largest absolute Gasteiger partial charge is 0.490 e. The minimum Gasteiger partial charge on any atom is -0.475 e. The zero-order valence-corrected chi connectivity index (χ0v) is 17.7. The summed E-state index contributed by atoms with van der Waals surface area (Å²) in [6, 6.07) is 1.80. The molecule has 4 rings (SSSR count). The van der Waals surface area contributed by atoms with E-state index in [9.17, 15) is 18.0 Å². The number of aliphatic carboxylic acids is 1. The maximum atomic E-state index is 12.4. The number of halogens is 3. The summed E-state index contributed by atoms with van der Waals surface area (Å²) in [6.45, 7) is 4.59. The number of carbonyl (C=O) groups is 2. The Morgan fingerprint density at radius 3 is 2.39 bits per heavy atom. The maximum Gasteiger partial charge on any atom is 0.490 e. The van der Waals surface area contributed by atoms with Crippen molar-refractivity contribution in [2.75, 3.05) is 31.6 Å². The van der Waals surface area contributed by atoms with E-state index in [1.807, 2.05) is 6.92 Å². The monoisotopic (exact) mass is 468 g/mol. The molecule has 2 saturated heterocycles. The number of nitrogens with one attached hydrogen (secondary N) is 1. The van der Waals surface area contributed by atoms with Crippen molar-refractivity contribution in [3.8, 4) is 0 Å². The number of carboxylic acid groups (broad SMARTS) is 1. The van der Waals surface area contributed by atoms with Crippen LogP contribution >= 0.6 is 0 Å². The summed E-state index contributed by atoms with van der Waals surface area (Å²) < 4.78 is 37.9. The van der Waals surface area contributed by atoms with Gasteiger partial charge in [-0.3, -0.25) is 9.78 Å². The van der Waals surface area contributed by atoms with Crippen molar-refractivity contribution in [1.82, 2.24) is 24.8 Å². The molecule has 178 valence electrons. The topological polar surface area (TPSA) is 130 Å². The molecule has 0 saturated carbocycles. The molecule has 1 spiro atoms. The molecule has 0 aliphatic carbocycles. The first kappa shape index (κ1) is 24.3. The predicted molar refractivity (Wildman–Crippen MR) is 108 cm³/mol. The van der Waals surface area contributed by atoms with E-state index in [2.05, 4.69) is 25.3 Å². The van der Waals surface area contributed by atoms with Gasteiger partial charge in [-0.15, -0.1) is 0 Å². The van der Waals surface area contributed by atoms with E-state index < -0.39 is 12.1 Å². The van der Waals surface area contributed by atoms with Crippen molar-refractivity contribution >= 4 is 17.8 Å². The highest BCUT2D eigenvalue weighted by atomic mass is 19.4. The van der Waals surface area contributed by atoms with Crippen LogP contribution in [0.4, 0.5) is 19.1 Å². The number of carbonyl (C=O) groups excluding carboxylic acids is 1. The van der Waals surface area contributed by atoms with Gasteiger partial charge in [0.25, 0.3) is 5.91 Å². The number of nitrogens with zero attached hydrogens (tertiary/aromatic N) is 5. The number of aryl methyl sites for hydroxylation is 1. The van der Waals surface area contributed by atoms with Crippen LogP contribution in [0.15, 0.2) is 30.9 Å². The van der Waals surface area contributed by atoms with E-state index in [1.165, 1.54) is 6.20 Å². The lowest BCUT2D eigenvalue weighted by molar-refractivity contribution is -0.192. The van der Waals surface area contributed by atoms with Crippen LogP contribution in [0.1, 0.15) is 29.0 Å². The lowest BCUT2D eigenvalue weighted by Gasteiger charge is -2.52. The van der Waals surface area contributed by atoms with Crippen LogP contribution in [0.5, 0.6) is 0 Å². The standard InChI is InChI=1S/C18H22N6O2.C2HF3O2/c1-13-7-22-15(9-21-13)16(25)24-11-18(12-24)4-3-14(10-26-18)8-23-17-19-5-2-6-20-17;3-2(4,5)1(6)7/h2,5-7,9,14H,3-4,8,10-12H2,1H3,(H,19,20,23);(H,6,7). The highest BCUT2D eigenvalue weighted by Gasteiger charge is 2.48. The van der Waals surface area contributed by atoms with Crippen LogP contribution < -0.4 is 5.32 Å². The van der Waals surface area contributed by atoms with Gasteiger partial charge in [0.2, 0.25) is 5.95 Å². The van der Waals surface area contributed by atoms with Crippen molar-refractivity contribution < 1.29 is 32.6 Å². The number of rotatable bonds is 4. The molecule has 2 fully saturated rings. The Bertz CT molecular complexity index is 943. The lowest BCUT2D eigenvalue weighted by atomic mass is 9.82. The number of amides is 1. The molecule has 0 aromatic carbocycles. The Hall–Kier alpha value is -3.35. The number of likely N-dealkylation sites (tertiary alicyclic amines) is 1. The van der Waals surface area contributed by atoms with E-state index in [-0.39, 0.29) is 11.5 Å². The molecular weight excluding hydrogens is 445 g/mol. The number of carboxylic acids is 1. The van der Waals surface area contributed by atoms with Gasteiger partial charge < -0.3 is 20.1 Å². The molecule has 1 amide bonds. The summed E-state index contributed by atoms with van der Waals surface area (Å²) in [4.78, 5) is 39.8. The molecule has 2 aromatic heterocycles. The normalized spacial score (nSPS) is 19.2. The quantitative estimate of drug-likeness (QED) is 0.691. The summed E-state index contributed by atoms with van der Waals surface area (Å²) in [7, 11) is 0. The number of hydrogen-bond acceptors (Lipinski definition) is 8. The summed E-state index contributed by atoms with van der Waals surface area (Å²) in [5.74, 6) is -1.76. The van der Waals surface area contributed by atoms with E-state index >= 15 is 0 Å². The van der Waals surface area contributed by atoms with Crippen LogP contribution in [0, 0.1) is 12.8 Å². The zero-order valence-electron chi connectivity index (χ0n) is 17.7. The van der Waals surface area contributed by atoms with Crippen LogP contribution in [0.25, 0.3) is 0 Å². The summed E-state index contributed by atoms with van der Waals surface area (Å²) in [6.07, 6.45) is 3.54. The number of aromatic nitrogens is 4. The van der Waals surface area contributed by atoms with Gasteiger partial charge in [-0.1, -0.05) is 0 Å². The lowest BCUT2D eigenvalue weighted by Crippen LogP contribution is -2.66. The molecule has 2 aliphatic heterocycles. The molecule has 2 aliphatic rings. The number of alkyl halides is 3. The molecule has 0 radical (unpaired) electrons. The molecule has 13 heteroatoms. The van der Waals surface area contributed by atoms with Crippen LogP contribution in [0.2, 0.25) is 0 Å². The molecule has 10 nitrogen and oxygen atoms in total. The fourth-order valence-electron chi connectivity index (χ4n) is 3.41. The first-order valence-corrected chi connectivity index (χ1v) is 10.1. The van der Waals surface area contributed by atoms with Crippen molar-refractivity contribution in [2.45, 2.75) is 31.5 Å². The number of anilines is 1. The zero-order chi connectivity index (χ0) is 24.1. The van der Waals surface area contributed by atoms with E-state index in [0.29, 0.717) is 37.3 Å². The van der Waals surface area contributed by atoms with Gasteiger partial charge in [0.05, 0.1) is 31.6 Å². The van der Waals surface area contributed by atoms with Crippen molar-refractivity contribution in [2.24, 2.45) is 5.92 Å². The van der Waals surface area contributed by atoms with Crippen molar-refractivity contribution in [1.29, 1.82) is 0 Å². The summed E-state index contributed by atoms with van der Waals surface area (Å²) >= 11 is 0. The SMILES string of the molecule is Cc1cnc(C(=O)N2CC3(CCC(CNc4ncccn4)CO3)C2)cn1.O=C(O)C(F)(F)F. The Morgan fingerprint density at radius 1 is 1.21 bits per heavy atom. The van der Waals surface area contributed by atoms with Gasteiger partial charge in [0.15, 0.2) is 0 Å². The second-order valence-corrected chi connectivity index (χ2v) is 7.86. The number of hydrogen-bond donors (Lipinski definition) is 2. The minimum absolute atomic E-state index is 0.0725. The third-order valence-corrected chi connectivity index (χ3v) is 5.24. The second kappa shape index (κ2) is 10.1. The molecular formula is C20H23F3N6O4. The molecule has 4 heterocycles. The van der Waals surface area contributed by atoms with Gasteiger partial charge in [0, 0.05) is 25.1 Å². The van der Waals surface area contributed by atoms with Crippen LogP contribution in [-0.2, 0) is 9.53 Å². The van der Waals surface area contributed by atoms with Crippen molar-refractivity contribution in [3.63, 3.8) is 0 Å². The average molecular weight is 468 g/mol. The van der Waals surface area contributed by atoms with Gasteiger partial charge in [-0.25, -0.2) is 19.7 Å². The molecule has 1 atom stereocenters. The molecule has 2 aromatic rings. The maximum absolute atomic E-state index is 12.4. The average Bonchev–Trinajstić information content (AvgIpc) is 2.77. The summed E-state index contributed by atoms with van der Waals surface area (Å²) in [5, 5.41) is 10.4. The summed E-state index contributed by atoms with van der Waals surface area (Å²) in [5.41, 5.74) is 1.01. The van der Waals surface area contributed by atoms with Crippen LogP contribution in [-0.4, -0.2) is 79.8 Å². The second-order valence-electron chi connectivity index (χ2n) is 7.86. The Morgan fingerprint density at radius 2 is 1.88 bits per heavy atom. The first-order chi connectivity index (χ1) is 15.6. The third kappa shape index (κ3) is 6.57. The third-order valence-electron chi connectivity index (χ3n) is 5.24. The molecule has 1 unspecified atom stereocenters. The highest BCUT2D eigenvalue weighted by Crippen LogP contribution is 2.36. The molecule has 0 bridgehead atoms. The van der Waals surface area contributed by atoms with E-state index in [4.69, 9.17) is 14.6 Å². The van der Waals surface area contributed by atoms with Crippen molar-refractivity contribution in [3.05, 3.63) is 42.2 Å². The van der Waals surface area contributed by atoms with Gasteiger partial charge >= 0.3 is 12.1 Å². The Labute approximate surface area is 187 Å². The Kier molecular flexibility index (Phi) is 7.41. The van der Waals surface area contributed by atoms with Gasteiger partial charge in [-0.05, 0) is 31.7 Å². The van der Waals surface area contributed by atoms with Crippen LogP contribution in [0.3, 0.4) is 0 Å². The number of ether oxygens (including phenoxy) is 1. The minimum atomic E-state index is -5.08. The fourth-order valence-corrected chi connectivity index (χ4v) is 3.41. The van der Waals surface area contributed by atoms with E-state index in [0.717, 1.165) is 25.1 Å². The Balaban J connectivity index is 0.000000383. The van der Waals surface area contributed by atoms with Gasteiger partial charge in [-0.2, -0.15) is 13.2 Å². The first-order valence-electron chi connectivity index (χ1n) is 10.1. The highest BCUT2D eigenvalue weighted by molar-refractivity contribution is 5.92. The van der Waals surface area contributed by atoms with E-state index in [1.54, 1.807) is 29.6 Å². The molecule has 33 heavy (non-hydrogen) atoms. The molecule has 2 N–H and O–H groups in total. The predicted octanol–water partition coefficient (Wildman–Crippen LogP) is 1.94. The van der Waals surface area contributed by atoms with Gasteiger partial charge in [0.1, 0.15) is 11.3 Å². The fraction of sp³-hybridized carbons (Fsp3) is 0.500.